The molecule has 36 heavy (non-hydrogen) atoms. The number of rotatable bonds is 7. The van der Waals surface area contributed by atoms with Gasteiger partial charge in [-0.05, 0) is 57.2 Å². The van der Waals surface area contributed by atoms with Crippen molar-refractivity contribution in [3.8, 4) is 22.8 Å². The molecule has 4 aromatic heterocycles. The van der Waals surface area contributed by atoms with Crippen LogP contribution >= 0.6 is 0 Å². The van der Waals surface area contributed by atoms with E-state index < -0.39 is 6.61 Å². The second-order valence-electron chi connectivity index (χ2n) is 8.83. The Bertz CT molecular complexity index is 1350. The van der Waals surface area contributed by atoms with Gasteiger partial charge < -0.3 is 19.9 Å². The smallest absolute Gasteiger partial charge is 0.388 e. The standard InChI is InChI=1S/C25H26F2N6O3/c1-14-9-22(30-15(2)29-14)31-23-11-17-10-16(7-8-33(17)32-23)20-12-24(36-25(26)27)28-13-21(20)35-19-5-3-18(34)4-6-19/h7-13,18-19,25,34H,3-6H2,1-2H3,(H,29,30,31,32)/t18-,19-. The van der Waals surface area contributed by atoms with Crippen LogP contribution in [-0.4, -0.2) is 48.5 Å². The number of nitrogens with one attached hydrogen (secondary N) is 1. The van der Waals surface area contributed by atoms with Crippen molar-refractivity contribution >= 4 is 17.2 Å². The van der Waals surface area contributed by atoms with E-state index in [2.05, 4.69) is 30.1 Å². The van der Waals surface area contributed by atoms with Crippen LogP contribution in [0.2, 0.25) is 0 Å². The number of aliphatic hydroxyl groups is 1. The number of anilines is 2. The van der Waals surface area contributed by atoms with E-state index in [0.29, 0.717) is 54.5 Å². The molecule has 0 aliphatic heterocycles. The van der Waals surface area contributed by atoms with Crippen LogP contribution < -0.4 is 14.8 Å². The molecule has 0 aromatic carbocycles. The van der Waals surface area contributed by atoms with E-state index in [1.165, 1.54) is 12.3 Å². The summed E-state index contributed by atoms with van der Waals surface area (Å²) in [5.74, 6) is 2.16. The van der Waals surface area contributed by atoms with Crippen molar-refractivity contribution in [2.75, 3.05) is 5.32 Å². The number of alkyl halides is 2. The molecule has 2 N–H and O–H groups in total. The van der Waals surface area contributed by atoms with Crippen molar-refractivity contribution in [2.24, 2.45) is 0 Å². The summed E-state index contributed by atoms with van der Waals surface area (Å²) in [7, 11) is 0. The summed E-state index contributed by atoms with van der Waals surface area (Å²) in [6.07, 6.45) is 5.50. The summed E-state index contributed by atoms with van der Waals surface area (Å²) in [6.45, 7) is 0.729. The number of aromatic nitrogens is 5. The highest BCUT2D eigenvalue weighted by Crippen LogP contribution is 2.35. The predicted molar refractivity (Wildman–Crippen MR) is 129 cm³/mol. The van der Waals surface area contributed by atoms with Gasteiger partial charge in [0.2, 0.25) is 5.88 Å². The third-order valence-corrected chi connectivity index (χ3v) is 5.99. The summed E-state index contributed by atoms with van der Waals surface area (Å²) in [5, 5.41) is 17.5. The van der Waals surface area contributed by atoms with Crippen LogP contribution in [0.15, 0.2) is 42.7 Å². The van der Waals surface area contributed by atoms with E-state index in [-0.39, 0.29) is 18.1 Å². The zero-order chi connectivity index (χ0) is 25.2. The maximum atomic E-state index is 12.9. The van der Waals surface area contributed by atoms with E-state index >= 15 is 0 Å². The fraction of sp³-hybridized carbons (Fsp3) is 0.360. The van der Waals surface area contributed by atoms with Crippen LogP contribution in [0.5, 0.6) is 11.6 Å². The largest absolute Gasteiger partial charge is 0.488 e. The molecule has 0 saturated heterocycles. The van der Waals surface area contributed by atoms with Gasteiger partial charge in [-0.2, -0.15) is 13.9 Å². The van der Waals surface area contributed by atoms with Gasteiger partial charge in [-0.3, -0.25) is 0 Å². The molecule has 11 heteroatoms. The Morgan fingerprint density at radius 1 is 1.06 bits per heavy atom. The summed E-state index contributed by atoms with van der Waals surface area (Å²) in [4.78, 5) is 12.7. The number of aliphatic hydroxyl groups excluding tert-OH is 1. The van der Waals surface area contributed by atoms with Gasteiger partial charge in [0.1, 0.15) is 17.4 Å². The molecule has 0 amide bonds. The fourth-order valence-electron chi connectivity index (χ4n) is 4.38. The third kappa shape index (κ3) is 5.51. The van der Waals surface area contributed by atoms with E-state index in [0.717, 1.165) is 16.8 Å². The van der Waals surface area contributed by atoms with Gasteiger partial charge in [0.15, 0.2) is 5.82 Å². The number of pyridine rings is 2. The van der Waals surface area contributed by atoms with Crippen molar-refractivity contribution in [2.45, 2.75) is 58.4 Å². The Labute approximate surface area is 206 Å². The number of fused-ring (bicyclic) bond motifs is 1. The highest BCUT2D eigenvalue weighted by molar-refractivity contribution is 5.75. The van der Waals surface area contributed by atoms with E-state index in [1.807, 2.05) is 38.1 Å². The maximum Gasteiger partial charge on any atom is 0.388 e. The molecule has 0 spiro atoms. The lowest BCUT2D eigenvalue weighted by Crippen LogP contribution is -2.26. The summed E-state index contributed by atoms with van der Waals surface area (Å²) in [5.41, 5.74) is 2.93. The minimum absolute atomic E-state index is 0.0925. The van der Waals surface area contributed by atoms with Crippen LogP contribution in [-0.2, 0) is 0 Å². The van der Waals surface area contributed by atoms with Crippen LogP contribution in [0.1, 0.15) is 37.2 Å². The summed E-state index contributed by atoms with van der Waals surface area (Å²) >= 11 is 0. The van der Waals surface area contributed by atoms with Gasteiger partial charge in [0.25, 0.3) is 0 Å². The highest BCUT2D eigenvalue weighted by Gasteiger charge is 2.23. The van der Waals surface area contributed by atoms with Gasteiger partial charge in [-0.15, -0.1) is 0 Å². The Kier molecular flexibility index (Phi) is 6.64. The first-order valence-corrected chi connectivity index (χ1v) is 11.7. The number of aryl methyl sites for hydroxylation is 2. The minimum Gasteiger partial charge on any atom is -0.488 e. The van der Waals surface area contributed by atoms with Gasteiger partial charge >= 0.3 is 6.61 Å². The average Bonchev–Trinajstić information content (AvgIpc) is 3.22. The van der Waals surface area contributed by atoms with Crippen LogP contribution in [0.25, 0.3) is 16.6 Å². The van der Waals surface area contributed by atoms with Crippen LogP contribution in [0, 0.1) is 13.8 Å². The molecule has 0 unspecified atom stereocenters. The highest BCUT2D eigenvalue weighted by atomic mass is 19.3. The van der Waals surface area contributed by atoms with Crippen molar-refractivity contribution in [3.05, 3.63) is 54.2 Å². The molecule has 4 aromatic rings. The normalized spacial score (nSPS) is 17.9. The SMILES string of the molecule is Cc1cc(Nc2cc3cc(-c4cc(OC(F)F)ncc4O[C@H]4CC[C@H](O)CC4)ccn3n2)nc(C)n1. The molecule has 188 valence electrons. The third-order valence-electron chi connectivity index (χ3n) is 5.99. The molecule has 5 rings (SSSR count). The second kappa shape index (κ2) is 10.0. The van der Waals surface area contributed by atoms with Crippen LogP contribution in [0.4, 0.5) is 20.4 Å². The van der Waals surface area contributed by atoms with E-state index in [1.54, 1.807) is 10.7 Å². The monoisotopic (exact) mass is 496 g/mol. The molecule has 0 bridgehead atoms. The molecule has 0 atom stereocenters. The van der Waals surface area contributed by atoms with Crippen molar-refractivity contribution in [3.63, 3.8) is 0 Å². The lowest BCUT2D eigenvalue weighted by atomic mass is 9.95. The molecular weight excluding hydrogens is 470 g/mol. The quantitative estimate of drug-likeness (QED) is 0.375. The second-order valence-corrected chi connectivity index (χ2v) is 8.83. The zero-order valence-corrected chi connectivity index (χ0v) is 19.9. The number of ether oxygens (including phenoxy) is 2. The molecule has 1 aliphatic rings. The Hall–Kier alpha value is -3.86. The van der Waals surface area contributed by atoms with Crippen molar-refractivity contribution in [1.82, 2.24) is 24.6 Å². The van der Waals surface area contributed by atoms with Crippen LogP contribution in [0.3, 0.4) is 0 Å². The number of halogens is 2. The van der Waals surface area contributed by atoms with Gasteiger partial charge in [0, 0.05) is 35.7 Å². The Morgan fingerprint density at radius 3 is 2.61 bits per heavy atom. The number of nitrogens with zero attached hydrogens (tertiary/aromatic N) is 5. The molecule has 1 saturated carbocycles. The van der Waals surface area contributed by atoms with Crippen molar-refractivity contribution in [1.29, 1.82) is 0 Å². The fourth-order valence-corrected chi connectivity index (χ4v) is 4.38. The van der Waals surface area contributed by atoms with E-state index in [4.69, 9.17) is 4.74 Å². The molecule has 9 nitrogen and oxygen atoms in total. The topological polar surface area (TPSA) is 107 Å². The summed E-state index contributed by atoms with van der Waals surface area (Å²) < 4.78 is 38.2. The maximum absolute atomic E-state index is 12.9. The number of hydrogen-bond donors (Lipinski definition) is 2. The molecule has 1 fully saturated rings. The average molecular weight is 497 g/mol. The Balaban J connectivity index is 1.46. The first-order chi connectivity index (χ1) is 17.3. The minimum atomic E-state index is -2.99. The zero-order valence-electron chi connectivity index (χ0n) is 19.9. The van der Waals surface area contributed by atoms with Gasteiger partial charge in [-0.1, -0.05) is 0 Å². The predicted octanol–water partition coefficient (Wildman–Crippen LogP) is 4.83. The summed E-state index contributed by atoms with van der Waals surface area (Å²) in [6, 6.07) is 8.84. The Morgan fingerprint density at radius 2 is 1.86 bits per heavy atom. The van der Waals surface area contributed by atoms with Crippen molar-refractivity contribution < 1.29 is 23.4 Å². The first kappa shape index (κ1) is 23.9. The molecule has 4 heterocycles. The van der Waals surface area contributed by atoms with Gasteiger partial charge in [-0.25, -0.2) is 19.5 Å². The number of hydrogen-bond acceptors (Lipinski definition) is 8. The lowest BCUT2D eigenvalue weighted by molar-refractivity contribution is -0.0528. The molecule has 1 aliphatic carbocycles. The van der Waals surface area contributed by atoms with E-state index in [9.17, 15) is 13.9 Å². The lowest BCUT2D eigenvalue weighted by Gasteiger charge is -2.27. The molecule has 0 radical (unpaired) electrons. The first-order valence-electron chi connectivity index (χ1n) is 11.7. The van der Waals surface area contributed by atoms with Gasteiger partial charge in [0.05, 0.1) is 23.9 Å². The molecular formula is C25H26F2N6O3.